The minimum absolute atomic E-state index is 0.123. The van der Waals surface area contributed by atoms with Gasteiger partial charge in [-0.1, -0.05) is 35.5 Å². The van der Waals surface area contributed by atoms with E-state index < -0.39 is 11.1 Å². The van der Waals surface area contributed by atoms with Crippen LogP contribution in [0.15, 0.2) is 70.6 Å². The number of ether oxygens (including phenoxy) is 2. The van der Waals surface area contributed by atoms with Crippen LogP contribution in [0.5, 0.6) is 11.5 Å². The summed E-state index contributed by atoms with van der Waals surface area (Å²) in [5, 5.41) is 2.76. The van der Waals surface area contributed by atoms with Crippen molar-refractivity contribution in [1.82, 2.24) is 9.55 Å². The fraction of sp³-hybridized carbons (Fsp3) is 0.125. The molecule has 1 amide bonds. The maximum Gasteiger partial charge on any atom is 0.266 e. The van der Waals surface area contributed by atoms with E-state index in [-0.39, 0.29) is 28.4 Å². The van der Waals surface area contributed by atoms with Crippen molar-refractivity contribution < 1.29 is 18.7 Å². The van der Waals surface area contributed by atoms with E-state index in [1.807, 2.05) is 0 Å². The minimum Gasteiger partial charge on any atom is -0.454 e. The van der Waals surface area contributed by atoms with Gasteiger partial charge in [0.15, 0.2) is 16.7 Å². The molecule has 0 bridgehead atoms. The number of nitrogens with one attached hydrogen (secondary N) is 1. The monoisotopic (exact) mass is 497 g/mol. The lowest BCUT2D eigenvalue weighted by Gasteiger charge is -2.17. The number of fused-ring (bicyclic) bond motifs is 2. The van der Waals surface area contributed by atoms with Crippen LogP contribution in [0.3, 0.4) is 0 Å². The van der Waals surface area contributed by atoms with Gasteiger partial charge < -0.3 is 14.8 Å². The van der Waals surface area contributed by atoms with E-state index in [4.69, 9.17) is 21.1 Å². The molecule has 0 fully saturated rings. The molecule has 2 heterocycles. The summed E-state index contributed by atoms with van der Waals surface area (Å²) >= 11 is 7.08. The molecule has 34 heavy (non-hydrogen) atoms. The van der Waals surface area contributed by atoms with E-state index in [0.29, 0.717) is 33.8 Å². The molecule has 1 atom stereocenters. The SMILES string of the molecule is CC(Sc1nc2ccccc2c(=O)n1-c1ccc(F)c(Cl)c1)C(=O)Nc1ccc2c(c1)OCO2. The molecule has 0 spiro atoms. The van der Waals surface area contributed by atoms with Crippen molar-refractivity contribution in [1.29, 1.82) is 0 Å². The Bertz CT molecular complexity index is 1490. The van der Waals surface area contributed by atoms with Gasteiger partial charge in [-0.25, -0.2) is 9.37 Å². The van der Waals surface area contributed by atoms with Crippen molar-refractivity contribution in [2.45, 2.75) is 17.3 Å². The quantitative estimate of drug-likeness (QED) is 0.308. The third kappa shape index (κ3) is 4.20. The molecule has 0 saturated carbocycles. The summed E-state index contributed by atoms with van der Waals surface area (Å²) in [7, 11) is 0. The van der Waals surface area contributed by atoms with Gasteiger partial charge in [-0.05, 0) is 49.4 Å². The number of benzene rings is 3. The molecule has 1 aliphatic heterocycles. The van der Waals surface area contributed by atoms with Gasteiger partial charge in [-0.2, -0.15) is 0 Å². The van der Waals surface area contributed by atoms with Gasteiger partial charge >= 0.3 is 0 Å². The van der Waals surface area contributed by atoms with E-state index in [0.717, 1.165) is 11.8 Å². The highest BCUT2D eigenvalue weighted by Gasteiger charge is 2.22. The van der Waals surface area contributed by atoms with Crippen LogP contribution >= 0.6 is 23.4 Å². The zero-order valence-corrected chi connectivity index (χ0v) is 19.3. The fourth-order valence-corrected chi connectivity index (χ4v) is 4.57. The van der Waals surface area contributed by atoms with Crippen LogP contribution in [0, 0.1) is 5.82 Å². The third-order valence-corrected chi connectivity index (χ3v) is 6.54. The molecule has 0 saturated heterocycles. The van der Waals surface area contributed by atoms with Crippen LogP contribution in [0.1, 0.15) is 6.92 Å². The second-order valence-electron chi connectivity index (χ2n) is 7.47. The number of nitrogens with zero attached hydrogens (tertiary/aromatic N) is 2. The largest absolute Gasteiger partial charge is 0.454 e. The van der Waals surface area contributed by atoms with Crippen molar-refractivity contribution >= 4 is 45.9 Å². The predicted octanol–water partition coefficient (Wildman–Crippen LogP) is 5.03. The number of aromatic nitrogens is 2. The normalized spacial score (nSPS) is 13.1. The number of carbonyl (C=O) groups is 1. The number of amides is 1. The molecule has 0 radical (unpaired) electrons. The number of hydrogen-bond donors (Lipinski definition) is 1. The second-order valence-corrected chi connectivity index (χ2v) is 9.18. The number of thioether (sulfide) groups is 1. The van der Waals surface area contributed by atoms with Gasteiger partial charge in [0.1, 0.15) is 5.82 Å². The van der Waals surface area contributed by atoms with Crippen LogP contribution in [0.4, 0.5) is 10.1 Å². The lowest BCUT2D eigenvalue weighted by Crippen LogP contribution is -2.26. The van der Waals surface area contributed by atoms with E-state index in [2.05, 4.69) is 10.3 Å². The summed E-state index contributed by atoms with van der Waals surface area (Å²) in [4.78, 5) is 30.9. The number of carbonyl (C=O) groups excluding carboxylic acids is 1. The molecule has 1 unspecified atom stereocenters. The van der Waals surface area contributed by atoms with Crippen LogP contribution in [0.2, 0.25) is 5.02 Å². The highest BCUT2D eigenvalue weighted by Crippen LogP contribution is 2.34. The summed E-state index contributed by atoms with van der Waals surface area (Å²) < 4.78 is 25.7. The number of hydrogen-bond acceptors (Lipinski definition) is 6. The molecular formula is C24H17ClFN3O4S. The maximum absolute atomic E-state index is 13.8. The minimum atomic E-state index is -0.624. The smallest absolute Gasteiger partial charge is 0.266 e. The highest BCUT2D eigenvalue weighted by atomic mass is 35.5. The van der Waals surface area contributed by atoms with E-state index in [9.17, 15) is 14.0 Å². The first-order chi connectivity index (χ1) is 16.4. The topological polar surface area (TPSA) is 82.5 Å². The van der Waals surface area contributed by atoms with Gasteiger partial charge in [0.05, 0.1) is 26.9 Å². The molecule has 172 valence electrons. The van der Waals surface area contributed by atoms with Gasteiger partial charge in [0.25, 0.3) is 5.56 Å². The Morgan fingerprint density at radius 2 is 1.94 bits per heavy atom. The first-order valence-corrected chi connectivity index (χ1v) is 11.5. The van der Waals surface area contributed by atoms with Crippen LogP contribution < -0.4 is 20.3 Å². The standard InChI is InChI=1S/C24H17ClFN3O4S/c1-13(22(30)27-14-6-9-20-21(10-14)33-12-32-20)34-24-28-19-5-3-2-4-16(19)23(31)29(24)15-7-8-18(26)17(25)11-15/h2-11,13H,12H2,1H3,(H,27,30). The summed E-state index contributed by atoms with van der Waals surface area (Å²) in [6.07, 6.45) is 0. The third-order valence-electron chi connectivity index (χ3n) is 5.20. The first-order valence-electron chi connectivity index (χ1n) is 10.2. The Hall–Kier alpha value is -3.56. The van der Waals surface area contributed by atoms with Crippen molar-refractivity contribution in [3.05, 3.63) is 81.9 Å². The van der Waals surface area contributed by atoms with Crippen molar-refractivity contribution in [2.75, 3.05) is 12.1 Å². The average molecular weight is 498 g/mol. The number of rotatable bonds is 5. The number of anilines is 1. The Morgan fingerprint density at radius 1 is 1.15 bits per heavy atom. The molecule has 10 heteroatoms. The molecule has 4 aromatic rings. The second kappa shape index (κ2) is 9.00. The van der Waals surface area contributed by atoms with Gasteiger partial charge in [0.2, 0.25) is 12.7 Å². The Balaban J connectivity index is 1.49. The highest BCUT2D eigenvalue weighted by molar-refractivity contribution is 8.00. The fourth-order valence-electron chi connectivity index (χ4n) is 3.47. The molecule has 1 aliphatic rings. The lowest BCUT2D eigenvalue weighted by atomic mass is 10.2. The Morgan fingerprint density at radius 3 is 2.76 bits per heavy atom. The Labute approximate surface area is 202 Å². The molecule has 7 nitrogen and oxygen atoms in total. The van der Waals surface area contributed by atoms with Crippen molar-refractivity contribution in [3.8, 4) is 17.2 Å². The molecule has 1 aromatic heterocycles. The first kappa shape index (κ1) is 22.2. The van der Waals surface area contributed by atoms with E-state index >= 15 is 0 Å². The summed E-state index contributed by atoms with van der Waals surface area (Å²) in [6.45, 7) is 1.84. The predicted molar refractivity (Wildman–Crippen MR) is 129 cm³/mol. The van der Waals surface area contributed by atoms with Crippen LogP contribution in [-0.2, 0) is 4.79 Å². The maximum atomic E-state index is 13.8. The zero-order chi connectivity index (χ0) is 23.8. The van der Waals surface area contributed by atoms with E-state index in [1.165, 1.54) is 22.8 Å². The Kier molecular flexibility index (Phi) is 5.89. The van der Waals surface area contributed by atoms with Gasteiger partial charge in [0, 0.05) is 11.8 Å². The van der Waals surface area contributed by atoms with Crippen LogP contribution in [0.25, 0.3) is 16.6 Å². The van der Waals surface area contributed by atoms with Crippen LogP contribution in [-0.4, -0.2) is 27.5 Å². The number of halogens is 2. The van der Waals surface area contributed by atoms with Gasteiger partial charge in [-0.15, -0.1) is 0 Å². The summed E-state index contributed by atoms with van der Waals surface area (Å²) in [5.74, 6) is 0.270. The summed E-state index contributed by atoms with van der Waals surface area (Å²) in [6, 6.07) is 16.0. The average Bonchev–Trinajstić information content (AvgIpc) is 3.29. The molecular weight excluding hydrogens is 481 g/mol. The number of para-hydroxylation sites is 1. The molecule has 1 N–H and O–H groups in total. The molecule has 3 aromatic carbocycles. The van der Waals surface area contributed by atoms with Crippen molar-refractivity contribution in [2.24, 2.45) is 0 Å². The molecule has 5 rings (SSSR count). The summed E-state index contributed by atoms with van der Waals surface area (Å²) in [5.41, 5.74) is 1.04. The van der Waals surface area contributed by atoms with E-state index in [1.54, 1.807) is 49.4 Å². The van der Waals surface area contributed by atoms with Gasteiger partial charge in [-0.3, -0.25) is 14.2 Å². The lowest BCUT2D eigenvalue weighted by molar-refractivity contribution is -0.115. The van der Waals surface area contributed by atoms with Crippen molar-refractivity contribution in [3.63, 3.8) is 0 Å². The zero-order valence-electron chi connectivity index (χ0n) is 17.7. The molecule has 0 aliphatic carbocycles.